The summed E-state index contributed by atoms with van der Waals surface area (Å²) in [6.45, 7) is 7.59. The first-order valence-electron chi connectivity index (χ1n) is 9.60. The summed E-state index contributed by atoms with van der Waals surface area (Å²) in [5.74, 6) is -1.90. The van der Waals surface area contributed by atoms with Crippen molar-refractivity contribution in [2.45, 2.75) is 44.9 Å². The molecule has 29 heavy (non-hydrogen) atoms. The first-order chi connectivity index (χ1) is 13.5. The molecule has 7 nitrogen and oxygen atoms in total. The van der Waals surface area contributed by atoms with Gasteiger partial charge in [-0.25, -0.2) is 9.69 Å². The van der Waals surface area contributed by atoms with Crippen molar-refractivity contribution in [2.75, 3.05) is 11.4 Å². The van der Waals surface area contributed by atoms with Gasteiger partial charge in [0.2, 0.25) is 11.8 Å². The van der Waals surface area contributed by atoms with Crippen LogP contribution in [-0.4, -0.2) is 41.6 Å². The van der Waals surface area contributed by atoms with E-state index in [0.29, 0.717) is 10.7 Å². The Labute approximate surface area is 174 Å². The van der Waals surface area contributed by atoms with Crippen molar-refractivity contribution in [1.82, 2.24) is 10.6 Å². The van der Waals surface area contributed by atoms with Crippen LogP contribution in [0.5, 0.6) is 0 Å². The van der Waals surface area contributed by atoms with Crippen LogP contribution in [0.15, 0.2) is 30.4 Å². The molecule has 2 bridgehead atoms. The van der Waals surface area contributed by atoms with Crippen LogP contribution in [0.2, 0.25) is 5.02 Å². The molecule has 1 aromatic carbocycles. The molecule has 2 fully saturated rings. The van der Waals surface area contributed by atoms with Crippen molar-refractivity contribution in [2.24, 2.45) is 11.8 Å². The average molecular weight is 418 g/mol. The lowest BCUT2D eigenvalue weighted by Gasteiger charge is -2.30. The number of ether oxygens (including phenoxy) is 1. The standard InChI is InChI=1S/C21H24ClN3O4/c1-11-5-6-12(9-13(11)22)25-17(26)15-14-7-8-21(29-14,16(15)18(25)27)10-23-19(28)24-20(2,3)4/h5-9,14-16H,10H2,1-4H3,(H2,23,24,28)/t14-,15+,16-,21+/m1/s1. The van der Waals surface area contributed by atoms with Gasteiger partial charge in [-0.3, -0.25) is 9.59 Å². The number of rotatable bonds is 3. The summed E-state index contributed by atoms with van der Waals surface area (Å²) < 4.78 is 6.03. The van der Waals surface area contributed by atoms with Crippen LogP contribution >= 0.6 is 11.6 Å². The molecule has 0 aliphatic carbocycles. The molecule has 8 heteroatoms. The predicted octanol–water partition coefficient (Wildman–Crippen LogP) is 2.56. The van der Waals surface area contributed by atoms with E-state index in [4.69, 9.17) is 16.3 Å². The summed E-state index contributed by atoms with van der Waals surface area (Å²) in [6, 6.07) is 4.78. The van der Waals surface area contributed by atoms with Crippen LogP contribution in [0.4, 0.5) is 10.5 Å². The Balaban J connectivity index is 1.58. The Morgan fingerprint density at radius 3 is 2.66 bits per heavy atom. The molecule has 0 aromatic heterocycles. The zero-order chi connectivity index (χ0) is 21.1. The molecule has 3 aliphatic rings. The van der Waals surface area contributed by atoms with Crippen LogP contribution in [0.1, 0.15) is 26.3 Å². The van der Waals surface area contributed by atoms with Gasteiger partial charge in [-0.2, -0.15) is 0 Å². The first kappa shape index (κ1) is 19.9. The van der Waals surface area contributed by atoms with E-state index < -0.39 is 29.1 Å². The van der Waals surface area contributed by atoms with E-state index in [-0.39, 0.29) is 24.4 Å². The maximum atomic E-state index is 13.3. The molecule has 154 valence electrons. The SMILES string of the molecule is Cc1ccc(N2C(=O)[C@H]3[C@H]4C=C[C@@](CNC(=O)NC(C)(C)C)(O4)[C@H]3C2=O)cc1Cl. The Kier molecular flexibility index (Phi) is 4.51. The van der Waals surface area contributed by atoms with Gasteiger partial charge in [0.05, 0.1) is 30.2 Å². The van der Waals surface area contributed by atoms with E-state index >= 15 is 0 Å². The largest absolute Gasteiger partial charge is 0.360 e. The van der Waals surface area contributed by atoms with E-state index in [1.54, 1.807) is 30.4 Å². The number of nitrogens with zero attached hydrogens (tertiary/aromatic N) is 1. The molecule has 4 amide bonds. The minimum atomic E-state index is -1.03. The second kappa shape index (κ2) is 6.57. The monoisotopic (exact) mass is 417 g/mol. The normalized spacial score (nSPS) is 30.1. The summed E-state index contributed by atoms with van der Waals surface area (Å²) in [6.07, 6.45) is 3.13. The second-order valence-corrected chi connectivity index (χ2v) is 9.31. The Morgan fingerprint density at radius 2 is 2.00 bits per heavy atom. The maximum absolute atomic E-state index is 13.3. The Hall–Kier alpha value is -2.38. The fourth-order valence-electron chi connectivity index (χ4n) is 4.28. The fourth-order valence-corrected chi connectivity index (χ4v) is 4.46. The molecule has 0 unspecified atom stereocenters. The number of fused-ring (bicyclic) bond motifs is 5. The first-order valence-corrected chi connectivity index (χ1v) is 9.97. The van der Waals surface area contributed by atoms with Gasteiger partial charge < -0.3 is 15.4 Å². The molecule has 3 heterocycles. The fraction of sp³-hybridized carbons (Fsp3) is 0.476. The van der Waals surface area contributed by atoms with Gasteiger partial charge in [0.25, 0.3) is 0 Å². The Bertz CT molecular complexity index is 938. The van der Waals surface area contributed by atoms with E-state index in [0.717, 1.165) is 5.56 Å². The topological polar surface area (TPSA) is 87.7 Å². The van der Waals surface area contributed by atoms with Crippen molar-refractivity contribution in [3.05, 3.63) is 40.9 Å². The van der Waals surface area contributed by atoms with Crippen molar-refractivity contribution in [3.8, 4) is 0 Å². The van der Waals surface area contributed by atoms with Crippen LogP contribution < -0.4 is 15.5 Å². The van der Waals surface area contributed by atoms with Gasteiger partial charge in [0.15, 0.2) is 0 Å². The van der Waals surface area contributed by atoms with E-state index in [2.05, 4.69) is 10.6 Å². The zero-order valence-electron chi connectivity index (χ0n) is 16.8. The van der Waals surface area contributed by atoms with Gasteiger partial charge in [-0.1, -0.05) is 29.8 Å². The third kappa shape index (κ3) is 3.22. The molecule has 0 saturated carbocycles. The van der Waals surface area contributed by atoms with Gasteiger partial charge >= 0.3 is 6.03 Å². The number of urea groups is 1. The summed E-state index contributed by atoms with van der Waals surface area (Å²) in [5.41, 5.74) is -0.0981. The molecule has 0 radical (unpaired) electrons. The molecular weight excluding hydrogens is 394 g/mol. The van der Waals surface area contributed by atoms with E-state index in [1.807, 2.05) is 27.7 Å². The number of anilines is 1. The van der Waals surface area contributed by atoms with Crippen LogP contribution in [-0.2, 0) is 14.3 Å². The maximum Gasteiger partial charge on any atom is 0.315 e. The number of halogens is 1. The van der Waals surface area contributed by atoms with Crippen molar-refractivity contribution < 1.29 is 19.1 Å². The summed E-state index contributed by atoms with van der Waals surface area (Å²) in [5, 5.41) is 6.10. The smallest absolute Gasteiger partial charge is 0.315 e. The highest BCUT2D eigenvalue weighted by Crippen LogP contribution is 2.52. The molecule has 4 atom stereocenters. The third-order valence-corrected chi connectivity index (χ3v) is 5.99. The van der Waals surface area contributed by atoms with Gasteiger partial charge in [-0.05, 0) is 45.4 Å². The van der Waals surface area contributed by atoms with E-state index in [1.165, 1.54) is 4.90 Å². The highest BCUT2D eigenvalue weighted by molar-refractivity contribution is 6.32. The average Bonchev–Trinajstić information content (AvgIpc) is 3.25. The van der Waals surface area contributed by atoms with Gasteiger partial charge in [-0.15, -0.1) is 0 Å². The van der Waals surface area contributed by atoms with Crippen molar-refractivity contribution >= 4 is 35.1 Å². The molecule has 3 aliphatic heterocycles. The molecular formula is C21H24ClN3O4. The summed E-state index contributed by atoms with van der Waals surface area (Å²) in [7, 11) is 0. The van der Waals surface area contributed by atoms with Crippen LogP contribution in [0, 0.1) is 18.8 Å². The van der Waals surface area contributed by atoms with Gasteiger partial charge in [0.1, 0.15) is 5.60 Å². The summed E-state index contributed by atoms with van der Waals surface area (Å²) in [4.78, 5) is 39.8. The molecule has 0 spiro atoms. The number of carbonyl (C=O) groups excluding carboxylic acids is 3. The number of hydrogen-bond acceptors (Lipinski definition) is 4. The van der Waals surface area contributed by atoms with Gasteiger partial charge in [0, 0.05) is 10.6 Å². The quantitative estimate of drug-likeness (QED) is 0.584. The molecule has 2 saturated heterocycles. The molecule has 4 rings (SSSR count). The third-order valence-electron chi connectivity index (χ3n) is 5.58. The zero-order valence-corrected chi connectivity index (χ0v) is 17.5. The number of nitrogens with one attached hydrogen (secondary N) is 2. The minimum Gasteiger partial charge on any atom is -0.360 e. The number of imide groups is 1. The predicted molar refractivity (Wildman–Crippen MR) is 109 cm³/mol. The Morgan fingerprint density at radius 1 is 1.28 bits per heavy atom. The van der Waals surface area contributed by atoms with Crippen LogP contribution in [0.3, 0.4) is 0 Å². The lowest BCUT2D eigenvalue weighted by atomic mass is 9.77. The van der Waals surface area contributed by atoms with Crippen molar-refractivity contribution in [3.63, 3.8) is 0 Å². The number of benzene rings is 1. The molecule has 1 aromatic rings. The van der Waals surface area contributed by atoms with E-state index in [9.17, 15) is 14.4 Å². The number of hydrogen-bond donors (Lipinski definition) is 2. The highest BCUT2D eigenvalue weighted by atomic mass is 35.5. The lowest BCUT2D eigenvalue weighted by molar-refractivity contribution is -0.126. The van der Waals surface area contributed by atoms with Crippen LogP contribution in [0.25, 0.3) is 0 Å². The number of amides is 4. The summed E-state index contributed by atoms with van der Waals surface area (Å²) >= 11 is 6.20. The minimum absolute atomic E-state index is 0.102. The second-order valence-electron chi connectivity index (χ2n) is 8.90. The highest BCUT2D eigenvalue weighted by Gasteiger charge is 2.67. The molecule has 2 N–H and O–H groups in total. The number of carbonyl (C=O) groups is 3. The number of aryl methyl sites for hydroxylation is 1. The van der Waals surface area contributed by atoms with Crippen molar-refractivity contribution in [1.29, 1.82) is 0 Å². The lowest BCUT2D eigenvalue weighted by Crippen LogP contribution is -2.53.